The minimum absolute atomic E-state index is 0.0175. The number of allylic oxidation sites excluding steroid dienone is 3. The second-order valence-electron chi connectivity index (χ2n) is 8.82. The lowest BCUT2D eigenvalue weighted by atomic mass is 9.48. The Morgan fingerprint density at radius 3 is 2.39 bits per heavy atom. The summed E-state index contributed by atoms with van der Waals surface area (Å²) in [5.74, 6) is -0.582. The second kappa shape index (κ2) is 5.14. The van der Waals surface area contributed by atoms with Gasteiger partial charge in [-0.05, 0) is 42.1 Å². The van der Waals surface area contributed by atoms with Gasteiger partial charge in [0.05, 0.1) is 6.10 Å². The molecule has 3 heteroatoms. The van der Waals surface area contributed by atoms with Gasteiger partial charge in [0, 0.05) is 16.6 Å². The van der Waals surface area contributed by atoms with E-state index in [1.54, 1.807) is 0 Å². The summed E-state index contributed by atoms with van der Waals surface area (Å²) in [5.41, 5.74) is 1.80. The Kier molecular flexibility index (Phi) is 3.72. The highest BCUT2D eigenvalue weighted by molar-refractivity contribution is 6.50. The van der Waals surface area contributed by atoms with E-state index in [0.29, 0.717) is 17.6 Å². The average molecular weight is 316 g/mol. The predicted molar refractivity (Wildman–Crippen MR) is 89.8 cm³/mol. The average Bonchev–Trinajstić information content (AvgIpc) is 2.40. The van der Waals surface area contributed by atoms with Crippen LogP contribution in [0.1, 0.15) is 60.3 Å². The van der Waals surface area contributed by atoms with E-state index in [1.807, 2.05) is 19.9 Å². The molecule has 3 unspecified atom stereocenters. The fraction of sp³-hybridized carbons (Fsp3) is 0.700. The first kappa shape index (κ1) is 16.6. The summed E-state index contributed by atoms with van der Waals surface area (Å²) in [6.45, 7) is 10.4. The summed E-state index contributed by atoms with van der Waals surface area (Å²) in [5, 5.41) is 10.9. The van der Waals surface area contributed by atoms with E-state index < -0.39 is 6.10 Å². The molecule has 0 heterocycles. The third-order valence-electron chi connectivity index (χ3n) is 6.40. The van der Waals surface area contributed by atoms with Crippen LogP contribution in [0.25, 0.3) is 0 Å². The van der Waals surface area contributed by atoms with Crippen LogP contribution in [-0.2, 0) is 9.59 Å². The molecule has 1 fully saturated rings. The number of hydrogen-bond donors (Lipinski definition) is 1. The van der Waals surface area contributed by atoms with Gasteiger partial charge in [-0.1, -0.05) is 47.1 Å². The van der Waals surface area contributed by atoms with Crippen molar-refractivity contribution in [2.24, 2.45) is 22.7 Å². The SMILES string of the molecule is CC(C)C1=CC2=C(C(=O)C1=O)C1(C)CCCC(C)(C)C1C(O)C2. The van der Waals surface area contributed by atoms with Crippen molar-refractivity contribution in [3.8, 4) is 0 Å². The molecule has 0 aromatic heterocycles. The Bertz CT molecular complexity index is 635. The summed E-state index contributed by atoms with van der Waals surface area (Å²) < 4.78 is 0. The van der Waals surface area contributed by atoms with Crippen LogP contribution in [0, 0.1) is 22.7 Å². The molecule has 3 rings (SSSR count). The first-order valence-corrected chi connectivity index (χ1v) is 8.82. The molecule has 0 aromatic rings. The molecule has 3 atom stereocenters. The molecule has 3 aliphatic carbocycles. The minimum atomic E-state index is -0.445. The van der Waals surface area contributed by atoms with Crippen LogP contribution in [-0.4, -0.2) is 22.8 Å². The summed E-state index contributed by atoms with van der Waals surface area (Å²) in [6, 6.07) is 0. The number of Topliss-reactive ketones (excluding diaryl/α,β-unsaturated/α-hetero) is 2. The number of ketones is 2. The van der Waals surface area contributed by atoms with E-state index in [9.17, 15) is 14.7 Å². The van der Waals surface area contributed by atoms with Crippen LogP contribution in [0.3, 0.4) is 0 Å². The smallest absolute Gasteiger partial charge is 0.230 e. The highest BCUT2D eigenvalue weighted by Crippen LogP contribution is 2.60. The van der Waals surface area contributed by atoms with Crippen molar-refractivity contribution < 1.29 is 14.7 Å². The van der Waals surface area contributed by atoms with Crippen LogP contribution < -0.4 is 0 Å². The minimum Gasteiger partial charge on any atom is -0.392 e. The lowest BCUT2D eigenvalue weighted by molar-refractivity contribution is -0.136. The highest BCUT2D eigenvalue weighted by Gasteiger charge is 2.57. The third kappa shape index (κ3) is 2.27. The van der Waals surface area contributed by atoms with Crippen molar-refractivity contribution in [3.63, 3.8) is 0 Å². The molecule has 1 N–H and O–H groups in total. The van der Waals surface area contributed by atoms with Crippen LogP contribution in [0.5, 0.6) is 0 Å². The van der Waals surface area contributed by atoms with E-state index in [2.05, 4.69) is 20.8 Å². The number of aliphatic hydroxyl groups is 1. The van der Waals surface area contributed by atoms with Crippen LogP contribution in [0.2, 0.25) is 0 Å². The zero-order valence-electron chi connectivity index (χ0n) is 14.9. The zero-order valence-corrected chi connectivity index (χ0v) is 14.9. The Labute approximate surface area is 138 Å². The lowest BCUT2D eigenvalue weighted by Gasteiger charge is -2.56. The molecule has 126 valence electrons. The van der Waals surface area contributed by atoms with Gasteiger partial charge in [0.25, 0.3) is 0 Å². The molecule has 0 aromatic carbocycles. The largest absolute Gasteiger partial charge is 0.392 e. The van der Waals surface area contributed by atoms with Crippen molar-refractivity contribution in [1.82, 2.24) is 0 Å². The van der Waals surface area contributed by atoms with Crippen molar-refractivity contribution >= 4 is 11.6 Å². The molecule has 3 aliphatic rings. The molecule has 1 saturated carbocycles. The summed E-state index contributed by atoms with van der Waals surface area (Å²) in [4.78, 5) is 25.5. The van der Waals surface area contributed by atoms with E-state index in [4.69, 9.17) is 0 Å². The van der Waals surface area contributed by atoms with E-state index >= 15 is 0 Å². The van der Waals surface area contributed by atoms with Gasteiger partial charge in [0.15, 0.2) is 0 Å². The Morgan fingerprint density at radius 1 is 1.13 bits per heavy atom. The van der Waals surface area contributed by atoms with Gasteiger partial charge in [-0.3, -0.25) is 9.59 Å². The van der Waals surface area contributed by atoms with Gasteiger partial charge < -0.3 is 5.11 Å². The van der Waals surface area contributed by atoms with Crippen LogP contribution in [0.4, 0.5) is 0 Å². The second-order valence-corrected chi connectivity index (χ2v) is 8.82. The number of carbonyl (C=O) groups is 2. The zero-order chi connectivity index (χ0) is 17.2. The number of carbonyl (C=O) groups excluding carboxylic acids is 2. The predicted octanol–water partition coefficient (Wildman–Crippen LogP) is 3.61. The molecule has 0 aliphatic heterocycles. The molecule has 0 spiro atoms. The van der Waals surface area contributed by atoms with E-state index in [1.165, 1.54) is 0 Å². The van der Waals surface area contributed by atoms with Crippen molar-refractivity contribution in [1.29, 1.82) is 0 Å². The van der Waals surface area contributed by atoms with Gasteiger partial charge in [-0.2, -0.15) is 0 Å². The fourth-order valence-corrected chi connectivity index (χ4v) is 5.59. The standard InChI is InChI=1S/C20H28O3/c1-11(2)13-9-12-10-14(21)18-19(3,4)7-6-8-20(18,5)15(12)17(23)16(13)22/h9,11,14,18,21H,6-8,10H2,1-5H3. The highest BCUT2D eigenvalue weighted by atomic mass is 16.3. The van der Waals surface area contributed by atoms with Crippen molar-refractivity contribution in [3.05, 3.63) is 22.8 Å². The van der Waals surface area contributed by atoms with Gasteiger partial charge in [0.1, 0.15) is 0 Å². The molecule has 0 bridgehead atoms. The quantitative estimate of drug-likeness (QED) is 0.594. The van der Waals surface area contributed by atoms with Gasteiger partial charge in [-0.15, -0.1) is 0 Å². The molecular weight excluding hydrogens is 288 g/mol. The van der Waals surface area contributed by atoms with E-state index in [-0.39, 0.29) is 34.2 Å². The monoisotopic (exact) mass is 316 g/mol. The number of rotatable bonds is 1. The molecule has 0 saturated heterocycles. The summed E-state index contributed by atoms with van der Waals surface area (Å²) in [7, 11) is 0. The maximum atomic E-state index is 12.9. The Morgan fingerprint density at radius 2 is 1.78 bits per heavy atom. The summed E-state index contributed by atoms with van der Waals surface area (Å²) >= 11 is 0. The maximum Gasteiger partial charge on any atom is 0.230 e. The van der Waals surface area contributed by atoms with E-state index in [0.717, 1.165) is 24.8 Å². The number of aliphatic hydroxyl groups excluding tert-OH is 1. The summed E-state index contributed by atoms with van der Waals surface area (Å²) in [6.07, 6.45) is 4.92. The molecular formula is C20H28O3. The molecule has 3 nitrogen and oxygen atoms in total. The fourth-order valence-electron chi connectivity index (χ4n) is 5.59. The number of fused-ring (bicyclic) bond motifs is 2. The Balaban J connectivity index is 2.19. The van der Waals surface area contributed by atoms with Crippen LogP contribution >= 0.6 is 0 Å². The Hall–Kier alpha value is -1.22. The topological polar surface area (TPSA) is 54.4 Å². The van der Waals surface area contributed by atoms with Crippen LogP contribution in [0.15, 0.2) is 22.8 Å². The van der Waals surface area contributed by atoms with Crippen molar-refractivity contribution in [2.75, 3.05) is 0 Å². The van der Waals surface area contributed by atoms with Gasteiger partial charge >= 0.3 is 0 Å². The first-order chi connectivity index (χ1) is 10.6. The third-order valence-corrected chi connectivity index (χ3v) is 6.40. The lowest BCUT2D eigenvalue weighted by Crippen LogP contribution is -2.54. The molecule has 23 heavy (non-hydrogen) atoms. The number of hydrogen-bond acceptors (Lipinski definition) is 3. The first-order valence-electron chi connectivity index (χ1n) is 8.82. The molecule has 0 radical (unpaired) electrons. The maximum absolute atomic E-state index is 12.9. The van der Waals surface area contributed by atoms with Crippen molar-refractivity contribution in [2.45, 2.75) is 66.4 Å². The normalized spacial score (nSPS) is 36.7. The van der Waals surface area contributed by atoms with Gasteiger partial charge in [-0.25, -0.2) is 0 Å². The van der Waals surface area contributed by atoms with Gasteiger partial charge in [0.2, 0.25) is 11.6 Å². The molecule has 0 amide bonds.